The molecule has 0 aliphatic heterocycles. The minimum absolute atomic E-state index is 0.136. The molecule has 0 saturated carbocycles. The highest BCUT2D eigenvalue weighted by Gasteiger charge is 2.10. The van der Waals surface area contributed by atoms with Crippen molar-refractivity contribution in [3.63, 3.8) is 0 Å². The molecule has 0 aliphatic rings. The van der Waals surface area contributed by atoms with Crippen LogP contribution in [0.15, 0.2) is 18.2 Å². The zero-order chi connectivity index (χ0) is 12.1. The number of aliphatic hydroxyl groups excluding tert-OH is 1. The predicted molar refractivity (Wildman–Crippen MR) is 61.2 cm³/mol. The van der Waals surface area contributed by atoms with Crippen LogP contribution in [-0.4, -0.2) is 22.7 Å². The summed E-state index contributed by atoms with van der Waals surface area (Å²) in [6.45, 7) is 4.39. The van der Waals surface area contributed by atoms with Gasteiger partial charge in [0.25, 0.3) is 5.69 Å². The first kappa shape index (κ1) is 12.6. The van der Waals surface area contributed by atoms with E-state index in [1.807, 2.05) is 6.07 Å². The standard InChI is InChI=1S/C11H16N2O3/c1-8-3-4-10(5-11(8)13(15)16)7-12-6-9(2)14/h3-5,9,12,14H,6-7H2,1-2H3/t9-/m1/s1. The number of nitro benzene ring substituents is 1. The van der Waals surface area contributed by atoms with Crippen molar-refractivity contribution >= 4 is 5.69 Å². The number of benzene rings is 1. The molecule has 1 atom stereocenters. The molecule has 5 heteroatoms. The van der Waals surface area contributed by atoms with Crippen LogP contribution in [0.5, 0.6) is 0 Å². The van der Waals surface area contributed by atoms with Crippen molar-refractivity contribution in [2.24, 2.45) is 0 Å². The number of nitrogens with zero attached hydrogens (tertiary/aromatic N) is 1. The number of hydrogen-bond acceptors (Lipinski definition) is 4. The van der Waals surface area contributed by atoms with Gasteiger partial charge in [-0.15, -0.1) is 0 Å². The van der Waals surface area contributed by atoms with E-state index in [-0.39, 0.29) is 10.6 Å². The van der Waals surface area contributed by atoms with E-state index in [4.69, 9.17) is 5.11 Å². The van der Waals surface area contributed by atoms with E-state index in [0.29, 0.717) is 18.7 Å². The summed E-state index contributed by atoms with van der Waals surface area (Å²) < 4.78 is 0. The van der Waals surface area contributed by atoms with Gasteiger partial charge in [0.05, 0.1) is 11.0 Å². The Hall–Kier alpha value is -1.46. The lowest BCUT2D eigenvalue weighted by molar-refractivity contribution is -0.385. The number of nitrogens with one attached hydrogen (secondary N) is 1. The lowest BCUT2D eigenvalue weighted by atomic mass is 10.1. The average Bonchev–Trinajstić information content (AvgIpc) is 2.19. The highest BCUT2D eigenvalue weighted by molar-refractivity contribution is 5.42. The Morgan fingerprint density at radius 3 is 2.81 bits per heavy atom. The van der Waals surface area contributed by atoms with Crippen molar-refractivity contribution in [3.8, 4) is 0 Å². The number of aliphatic hydroxyl groups is 1. The molecule has 88 valence electrons. The van der Waals surface area contributed by atoms with E-state index in [1.165, 1.54) is 0 Å². The Morgan fingerprint density at radius 2 is 2.25 bits per heavy atom. The summed E-state index contributed by atoms with van der Waals surface area (Å²) in [7, 11) is 0. The van der Waals surface area contributed by atoms with E-state index in [9.17, 15) is 10.1 Å². The maximum absolute atomic E-state index is 10.7. The molecule has 0 heterocycles. The van der Waals surface area contributed by atoms with Crippen LogP contribution in [-0.2, 0) is 6.54 Å². The third kappa shape index (κ3) is 3.60. The van der Waals surface area contributed by atoms with Crippen molar-refractivity contribution in [2.75, 3.05) is 6.54 Å². The maximum atomic E-state index is 10.7. The first-order valence-electron chi connectivity index (χ1n) is 5.13. The zero-order valence-electron chi connectivity index (χ0n) is 9.43. The average molecular weight is 224 g/mol. The number of hydrogen-bond donors (Lipinski definition) is 2. The topological polar surface area (TPSA) is 75.4 Å². The Balaban J connectivity index is 2.68. The first-order chi connectivity index (χ1) is 7.50. The molecule has 1 aromatic carbocycles. The second kappa shape index (κ2) is 5.58. The van der Waals surface area contributed by atoms with Crippen LogP contribution in [0.3, 0.4) is 0 Å². The largest absolute Gasteiger partial charge is 0.392 e. The van der Waals surface area contributed by atoms with Gasteiger partial charge in [0, 0.05) is 24.7 Å². The smallest absolute Gasteiger partial charge is 0.272 e. The first-order valence-corrected chi connectivity index (χ1v) is 5.13. The third-order valence-corrected chi connectivity index (χ3v) is 2.24. The van der Waals surface area contributed by atoms with Gasteiger partial charge in [-0.3, -0.25) is 10.1 Å². The van der Waals surface area contributed by atoms with E-state index in [2.05, 4.69) is 5.32 Å². The van der Waals surface area contributed by atoms with Gasteiger partial charge >= 0.3 is 0 Å². The van der Waals surface area contributed by atoms with Gasteiger partial charge in [0.2, 0.25) is 0 Å². The molecule has 1 aromatic rings. The van der Waals surface area contributed by atoms with Gasteiger partial charge < -0.3 is 10.4 Å². The van der Waals surface area contributed by atoms with E-state index >= 15 is 0 Å². The van der Waals surface area contributed by atoms with Crippen LogP contribution in [0.4, 0.5) is 5.69 Å². The minimum Gasteiger partial charge on any atom is -0.392 e. The number of aryl methyl sites for hydroxylation is 1. The summed E-state index contributed by atoms with van der Waals surface area (Å²) in [6.07, 6.45) is -0.416. The van der Waals surface area contributed by atoms with Gasteiger partial charge in [-0.2, -0.15) is 0 Å². The summed E-state index contributed by atoms with van der Waals surface area (Å²) in [6, 6.07) is 5.14. The van der Waals surface area contributed by atoms with Crippen molar-refractivity contribution in [3.05, 3.63) is 39.4 Å². The van der Waals surface area contributed by atoms with Gasteiger partial charge in [-0.1, -0.05) is 12.1 Å². The van der Waals surface area contributed by atoms with E-state index in [0.717, 1.165) is 5.56 Å². The summed E-state index contributed by atoms with van der Waals surface area (Å²) in [5.74, 6) is 0. The van der Waals surface area contributed by atoms with Crippen molar-refractivity contribution < 1.29 is 10.0 Å². The molecule has 1 rings (SSSR count). The van der Waals surface area contributed by atoms with E-state index < -0.39 is 6.10 Å². The highest BCUT2D eigenvalue weighted by atomic mass is 16.6. The normalized spacial score (nSPS) is 12.4. The Labute approximate surface area is 94.3 Å². The molecule has 0 fully saturated rings. The fourth-order valence-corrected chi connectivity index (χ4v) is 1.39. The fraction of sp³-hybridized carbons (Fsp3) is 0.455. The highest BCUT2D eigenvalue weighted by Crippen LogP contribution is 2.18. The van der Waals surface area contributed by atoms with Crippen molar-refractivity contribution in [2.45, 2.75) is 26.5 Å². The zero-order valence-corrected chi connectivity index (χ0v) is 9.43. The molecule has 0 unspecified atom stereocenters. The molecular formula is C11H16N2O3. The van der Waals surface area contributed by atoms with Crippen LogP contribution in [0.1, 0.15) is 18.1 Å². The Kier molecular flexibility index (Phi) is 4.39. The summed E-state index contributed by atoms with van der Waals surface area (Å²) in [4.78, 5) is 10.3. The third-order valence-electron chi connectivity index (χ3n) is 2.24. The molecular weight excluding hydrogens is 208 g/mol. The lowest BCUT2D eigenvalue weighted by Crippen LogP contribution is -2.23. The molecule has 5 nitrogen and oxygen atoms in total. The monoisotopic (exact) mass is 224 g/mol. The van der Waals surface area contributed by atoms with Crippen LogP contribution in [0.25, 0.3) is 0 Å². The van der Waals surface area contributed by atoms with Gasteiger partial charge in [-0.05, 0) is 19.4 Å². The SMILES string of the molecule is Cc1ccc(CNC[C@@H](C)O)cc1[N+](=O)[O-]. The van der Waals surface area contributed by atoms with Crippen LogP contribution < -0.4 is 5.32 Å². The fourth-order valence-electron chi connectivity index (χ4n) is 1.39. The van der Waals surface area contributed by atoms with Crippen LogP contribution in [0, 0.1) is 17.0 Å². The second-order valence-electron chi connectivity index (χ2n) is 3.86. The molecule has 0 bridgehead atoms. The van der Waals surface area contributed by atoms with Gasteiger partial charge in [-0.25, -0.2) is 0 Å². The van der Waals surface area contributed by atoms with Gasteiger partial charge in [0.15, 0.2) is 0 Å². The Morgan fingerprint density at radius 1 is 1.56 bits per heavy atom. The van der Waals surface area contributed by atoms with E-state index in [1.54, 1.807) is 26.0 Å². The lowest BCUT2D eigenvalue weighted by Gasteiger charge is -2.07. The summed E-state index contributed by atoms with van der Waals surface area (Å²) in [5.41, 5.74) is 1.64. The molecule has 0 aromatic heterocycles. The molecule has 0 radical (unpaired) electrons. The molecule has 0 saturated heterocycles. The molecule has 16 heavy (non-hydrogen) atoms. The summed E-state index contributed by atoms with van der Waals surface area (Å²) >= 11 is 0. The Bertz CT molecular complexity index is 377. The predicted octanol–water partition coefficient (Wildman–Crippen LogP) is 1.37. The summed E-state index contributed by atoms with van der Waals surface area (Å²) in [5, 5.41) is 22.8. The second-order valence-corrected chi connectivity index (χ2v) is 3.86. The number of rotatable bonds is 5. The molecule has 0 amide bonds. The van der Waals surface area contributed by atoms with Crippen LogP contribution in [0.2, 0.25) is 0 Å². The van der Waals surface area contributed by atoms with Gasteiger partial charge in [0.1, 0.15) is 0 Å². The van der Waals surface area contributed by atoms with Crippen molar-refractivity contribution in [1.82, 2.24) is 5.32 Å². The van der Waals surface area contributed by atoms with Crippen molar-refractivity contribution in [1.29, 1.82) is 0 Å². The maximum Gasteiger partial charge on any atom is 0.272 e. The molecule has 0 aliphatic carbocycles. The quantitative estimate of drug-likeness (QED) is 0.585. The number of nitro groups is 1. The molecule has 0 spiro atoms. The van der Waals surface area contributed by atoms with Crippen LogP contribution >= 0.6 is 0 Å². The minimum atomic E-state index is -0.416. The molecule has 2 N–H and O–H groups in total.